The summed E-state index contributed by atoms with van der Waals surface area (Å²) < 4.78 is 1.15. The summed E-state index contributed by atoms with van der Waals surface area (Å²) in [5, 5.41) is 3.11. The van der Waals surface area contributed by atoms with Gasteiger partial charge in [-0.25, -0.2) is 0 Å². The largest absolute Gasteiger partial charge is 0.352 e. The molecule has 0 radical (unpaired) electrons. The molecular weight excluding hydrogens is 362 g/mol. The zero-order valence-corrected chi connectivity index (χ0v) is 17.0. The predicted molar refractivity (Wildman–Crippen MR) is 114 cm³/mol. The fourth-order valence-corrected chi connectivity index (χ4v) is 5.38. The quantitative estimate of drug-likeness (QED) is 0.713. The molecule has 3 rings (SSSR count). The number of hydrogen-bond donors (Lipinski definition) is 1. The standard InChI is InChI=1S/C20H29N3OS2/c24-19(21-10-7-14-23-12-5-1-2-6-13-23)18-9-4-3-8-17(18)16-26-20-22-11-15-25-20/h3-4,8-9H,1-2,5-7,10-16H2,(H,21,24). The minimum Gasteiger partial charge on any atom is -0.352 e. The van der Waals surface area contributed by atoms with E-state index in [9.17, 15) is 4.79 Å². The number of amides is 1. The average Bonchev–Trinajstić information content (AvgIpc) is 3.06. The molecule has 0 aromatic heterocycles. The van der Waals surface area contributed by atoms with Gasteiger partial charge >= 0.3 is 0 Å². The van der Waals surface area contributed by atoms with Crippen LogP contribution in [0.5, 0.6) is 0 Å². The highest BCUT2D eigenvalue weighted by Gasteiger charge is 2.14. The molecule has 6 heteroatoms. The minimum absolute atomic E-state index is 0.0538. The molecule has 0 unspecified atom stereocenters. The molecule has 1 aromatic carbocycles. The van der Waals surface area contributed by atoms with Gasteiger partial charge < -0.3 is 10.2 Å². The smallest absolute Gasteiger partial charge is 0.251 e. The maximum Gasteiger partial charge on any atom is 0.251 e. The number of benzene rings is 1. The molecule has 1 fully saturated rings. The first-order valence-corrected chi connectivity index (χ1v) is 11.7. The van der Waals surface area contributed by atoms with Gasteiger partial charge in [-0.15, -0.1) is 0 Å². The molecule has 142 valence electrons. The van der Waals surface area contributed by atoms with Crippen LogP contribution in [0.25, 0.3) is 0 Å². The van der Waals surface area contributed by atoms with Crippen LogP contribution >= 0.6 is 23.5 Å². The van der Waals surface area contributed by atoms with Crippen LogP contribution in [0.2, 0.25) is 0 Å². The van der Waals surface area contributed by atoms with Crippen molar-refractivity contribution < 1.29 is 4.79 Å². The zero-order chi connectivity index (χ0) is 18.0. The summed E-state index contributed by atoms with van der Waals surface area (Å²) in [5.74, 6) is 1.95. The van der Waals surface area contributed by atoms with Crippen molar-refractivity contribution in [3.8, 4) is 0 Å². The summed E-state index contributed by atoms with van der Waals surface area (Å²) in [6, 6.07) is 7.95. The molecule has 0 bridgehead atoms. The van der Waals surface area contributed by atoms with Crippen molar-refractivity contribution in [2.75, 3.05) is 38.5 Å². The number of nitrogens with zero attached hydrogens (tertiary/aromatic N) is 2. The molecule has 1 N–H and O–H groups in total. The molecule has 0 saturated carbocycles. The lowest BCUT2D eigenvalue weighted by Crippen LogP contribution is -2.31. The highest BCUT2D eigenvalue weighted by Crippen LogP contribution is 2.26. The van der Waals surface area contributed by atoms with Crippen molar-refractivity contribution in [3.63, 3.8) is 0 Å². The number of aliphatic imine (C=N–C) groups is 1. The van der Waals surface area contributed by atoms with Crippen LogP contribution in [-0.2, 0) is 5.75 Å². The molecule has 4 nitrogen and oxygen atoms in total. The lowest BCUT2D eigenvalue weighted by molar-refractivity contribution is 0.0951. The normalized spacial score (nSPS) is 18.4. The molecule has 0 aliphatic carbocycles. The van der Waals surface area contributed by atoms with Gasteiger partial charge in [0.25, 0.3) is 5.91 Å². The maximum absolute atomic E-state index is 12.6. The van der Waals surface area contributed by atoms with Crippen LogP contribution < -0.4 is 5.32 Å². The van der Waals surface area contributed by atoms with Gasteiger partial charge in [0.05, 0.1) is 6.54 Å². The Balaban J connectivity index is 1.43. The molecule has 1 aromatic rings. The van der Waals surface area contributed by atoms with E-state index in [4.69, 9.17) is 0 Å². The summed E-state index contributed by atoms with van der Waals surface area (Å²) in [4.78, 5) is 19.6. The average molecular weight is 392 g/mol. The number of likely N-dealkylation sites (tertiary alicyclic amines) is 1. The Labute approximate surface area is 165 Å². The number of thioether (sulfide) groups is 2. The van der Waals surface area contributed by atoms with Crippen LogP contribution in [0.15, 0.2) is 29.3 Å². The van der Waals surface area contributed by atoms with Crippen molar-refractivity contribution in [3.05, 3.63) is 35.4 Å². The van der Waals surface area contributed by atoms with Crippen molar-refractivity contribution in [1.82, 2.24) is 10.2 Å². The van der Waals surface area contributed by atoms with E-state index >= 15 is 0 Å². The topological polar surface area (TPSA) is 44.7 Å². The van der Waals surface area contributed by atoms with Gasteiger partial charge in [0, 0.05) is 23.6 Å². The predicted octanol–water partition coefficient (Wildman–Crippen LogP) is 4.02. The van der Waals surface area contributed by atoms with Gasteiger partial charge in [0.15, 0.2) is 0 Å². The highest BCUT2D eigenvalue weighted by molar-refractivity contribution is 8.38. The second-order valence-corrected chi connectivity index (χ2v) is 9.11. The Morgan fingerprint density at radius 3 is 2.77 bits per heavy atom. The van der Waals surface area contributed by atoms with E-state index in [-0.39, 0.29) is 5.91 Å². The fourth-order valence-electron chi connectivity index (χ4n) is 3.37. The summed E-state index contributed by atoms with van der Waals surface area (Å²) in [5.41, 5.74) is 1.90. The molecular formula is C20H29N3OS2. The van der Waals surface area contributed by atoms with E-state index in [1.54, 1.807) is 11.8 Å². The molecule has 1 amide bonds. The number of nitrogens with one attached hydrogen (secondary N) is 1. The van der Waals surface area contributed by atoms with Gasteiger partial charge in [-0.2, -0.15) is 0 Å². The first-order chi connectivity index (χ1) is 12.8. The number of hydrogen-bond acceptors (Lipinski definition) is 5. The highest BCUT2D eigenvalue weighted by atomic mass is 32.2. The molecule has 0 atom stereocenters. The van der Waals surface area contributed by atoms with Crippen LogP contribution in [0.1, 0.15) is 48.0 Å². The summed E-state index contributed by atoms with van der Waals surface area (Å²) in [6.07, 6.45) is 6.40. The van der Waals surface area contributed by atoms with Crippen LogP contribution in [0, 0.1) is 0 Å². The first-order valence-electron chi connectivity index (χ1n) is 9.71. The Morgan fingerprint density at radius 2 is 2.00 bits per heavy atom. The number of carbonyl (C=O) groups is 1. The number of rotatable bonds is 7. The van der Waals surface area contributed by atoms with Gasteiger partial charge in [0.2, 0.25) is 0 Å². The summed E-state index contributed by atoms with van der Waals surface area (Å²) >= 11 is 3.56. The third-order valence-electron chi connectivity index (χ3n) is 4.81. The second kappa shape index (κ2) is 11.0. The minimum atomic E-state index is 0.0538. The summed E-state index contributed by atoms with van der Waals surface area (Å²) in [7, 11) is 0. The van der Waals surface area contributed by atoms with Gasteiger partial charge in [0.1, 0.15) is 4.38 Å². The van der Waals surface area contributed by atoms with Crippen molar-refractivity contribution in [2.45, 2.75) is 37.9 Å². The SMILES string of the molecule is O=C(NCCCN1CCCCCC1)c1ccccc1CSC1=NCCS1. The van der Waals surface area contributed by atoms with E-state index in [2.05, 4.69) is 21.3 Å². The molecule has 26 heavy (non-hydrogen) atoms. The Hall–Kier alpha value is -0.980. The number of carbonyl (C=O) groups excluding carboxylic acids is 1. The van der Waals surface area contributed by atoms with E-state index in [1.807, 2.05) is 30.0 Å². The lowest BCUT2D eigenvalue weighted by Gasteiger charge is -2.19. The third-order valence-corrected chi connectivity index (χ3v) is 7.11. The molecule has 2 aliphatic rings. The van der Waals surface area contributed by atoms with E-state index in [0.717, 1.165) is 53.1 Å². The third kappa shape index (κ3) is 6.32. The van der Waals surface area contributed by atoms with Crippen LogP contribution in [0.3, 0.4) is 0 Å². The van der Waals surface area contributed by atoms with Gasteiger partial charge in [-0.3, -0.25) is 9.79 Å². The summed E-state index contributed by atoms with van der Waals surface area (Å²) in [6.45, 7) is 5.20. The van der Waals surface area contributed by atoms with Gasteiger partial charge in [-0.1, -0.05) is 54.6 Å². The fraction of sp³-hybridized carbons (Fsp3) is 0.600. The van der Waals surface area contributed by atoms with Crippen LogP contribution in [0.4, 0.5) is 0 Å². The van der Waals surface area contributed by atoms with Crippen molar-refractivity contribution in [2.24, 2.45) is 4.99 Å². The van der Waals surface area contributed by atoms with E-state index in [0.29, 0.717) is 0 Å². The molecule has 1 saturated heterocycles. The Bertz CT molecular complexity index is 613. The molecule has 2 aliphatic heterocycles. The zero-order valence-electron chi connectivity index (χ0n) is 15.4. The second-order valence-electron chi connectivity index (χ2n) is 6.81. The van der Waals surface area contributed by atoms with E-state index in [1.165, 1.54) is 38.8 Å². The Kier molecular flexibility index (Phi) is 8.36. The van der Waals surface area contributed by atoms with Crippen molar-refractivity contribution in [1.29, 1.82) is 0 Å². The van der Waals surface area contributed by atoms with Crippen LogP contribution in [-0.4, -0.2) is 53.7 Å². The van der Waals surface area contributed by atoms with E-state index < -0.39 is 0 Å². The lowest BCUT2D eigenvalue weighted by atomic mass is 10.1. The van der Waals surface area contributed by atoms with Gasteiger partial charge in [-0.05, 0) is 50.5 Å². The monoisotopic (exact) mass is 391 g/mol. The molecule has 2 heterocycles. The van der Waals surface area contributed by atoms with Crippen molar-refractivity contribution >= 4 is 33.8 Å². The first kappa shape index (κ1) is 19.8. The Morgan fingerprint density at radius 1 is 1.19 bits per heavy atom. The maximum atomic E-state index is 12.6. The molecule has 0 spiro atoms.